The third-order valence-electron chi connectivity index (χ3n) is 3.92. The smallest absolute Gasteiger partial charge is 0.280 e. The van der Waals surface area contributed by atoms with Crippen LogP contribution >= 0.6 is 11.6 Å². The number of amides is 1. The number of nitrogens with zero attached hydrogens (tertiary/aromatic N) is 3. The van der Waals surface area contributed by atoms with Crippen molar-refractivity contribution in [1.29, 1.82) is 5.26 Å². The van der Waals surface area contributed by atoms with E-state index in [2.05, 4.69) is 5.10 Å². The summed E-state index contributed by atoms with van der Waals surface area (Å²) in [7, 11) is 1.52. The molecule has 0 bridgehead atoms. The lowest BCUT2D eigenvalue weighted by Crippen LogP contribution is -2.21. The van der Waals surface area contributed by atoms with E-state index < -0.39 is 0 Å². The van der Waals surface area contributed by atoms with Crippen LogP contribution in [0.4, 0.5) is 5.69 Å². The highest BCUT2D eigenvalue weighted by molar-refractivity contribution is 6.32. The van der Waals surface area contributed by atoms with Gasteiger partial charge in [-0.15, -0.1) is 0 Å². The summed E-state index contributed by atoms with van der Waals surface area (Å²) in [6.45, 7) is 1.71. The molecule has 136 valence electrons. The predicted octanol–water partition coefficient (Wildman–Crippen LogP) is 4.06. The van der Waals surface area contributed by atoms with Gasteiger partial charge in [0.05, 0.1) is 24.1 Å². The monoisotopic (exact) mass is 381 g/mol. The molecule has 0 N–H and O–H groups in total. The quantitative estimate of drug-likeness (QED) is 0.732. The maximum Gasteiger partial charge on any atom is 0.280 e. The molecule has 1 aliphatic rings. The average molecular weight is 382 g/mol. The molecule has 0 unspecified atom stereocenters. The number of rotatable bonds is 5. The van der Waals surface area contributed by atoms with Gasteiger partial charge < -0.3 is 9.47 Å². The summed E-state index contributed by atoms with van der Waals surface area (Å²) in [5.41, 5.74) is 2.49. The Morgan fingerprint density at radius 2 is 1.96 bits per heavy atom. The zero-order valence-electron chi connectivity index (χ0n) is 14.8. The fourth-order valence-corrected chi connectivity index (χ4v) is 2.74. The number of ether oxygens (including phenoxy) is 2. The van der Waals surface area contributed by atoms with E-state index in [1.807, 2.05) is 6.07 Å². The summed E-state index contributed by atoms with van der Waals surface area (Å²) < 4.78 is 10.6. The minimum absolute atomic E-state index is 0.0723. The van der Waals surface area contributed by atoms with Crippen molar-refractivity contribution in [1.82, 2.24) is 0 Å². The number of hydrogen-bond acceptors (Lipinski definition) is 5. The number of methoxy groups -OCH3 is 1. The van der Waals surface area contributed by atoms with E-state index in [1.54, 1.807) is 55.5 Å². The zero-order chi connectivity index (χ0) is 19.4. The first-order chi connectivity index (χ1) is 13.0. The standard InChI is InChI=1S/C20H16ClN3O3/c1-13-17(20(25)24(23-13)16-6-4-15(21)5-7-16)11-14-3-8-18(27-10-9-22)19(12-14)26-2/h3-8,11-12H,10H2,1-2H3. The van der Waals surface area contributed by atoms with Crippen LogP contribution in [0.2, 0.25) is 5.02 Å². The summed E-state index contributed by atoms with van der Waals surface area (Å²) in [5.74, 6) is 0.722. The van der Waals surface area contributed by atoms with Gasteiger partial charge in [0.15, 0.2) is 18.1 Å². The highest BCUT2D eigenvalue weighted by Crippen LogP contribution is 2.30. The number of benzene rings is 2. The molecule has 0 radical (unpaired) electrons. The molecule has 1 aliphatic heterocycles. The number of carbonyl (C=O) groups is 1. The number of anilines is 1. The Balaban J connectivity index is 1.89. The number of carbonyl (C=O) groups excluding carboxylic acids is 1. The highest BCUT2D eigenvalue weighted by Gasteiger charge is 2.28. The molecule has 27 heavy (non-hydrogen) atoms. The second-order valence-electron chi connectivity index (χ2n) is 5.69. The molecular formula is C20H16ClN3O3. The van der Waals surface area contributed by atoms with Gasteiger partial charge in [-0.1, -0.05) is 17.7 Å². The lowest BCUT2D eigenvalue weighted by molar-refractivity contribution is -0.114. The molecule has 0 spiro atoms. The summed E-state index contributed by atoms with van der Waals surface area (Å²) in [6.07, 6.45) is 1.74. The van der Waals surface area contributed by atoms with Crippen LogP contribution in [0, 0.1) is 11.3 Å². The Labute approximate surface area is 161 Å². The van der Waals surface area contributed by atoms with E-state index in [9.17, 15) is 4.79 Å². The third-order valence-corrected chi connectivity index (χ3v) is 4.18. The van der Waals surface area contributed by atoms with Gasteiger partial charge in [-0.2, -0.15) is 15.4 Å². The van der Waals surface area contributed by atoms with Gasteiger partial charge in [0.25, 0.3) is 5.91 Å². The number of halogens is 1. The van der Waals surface area contributed by atoms with Crippen LogP contribution in [0.5, 0.6) is 11.5 Å². The fourth-order valence-electron chi connectivity index (χ4n) is 2.61. The van der Waals surface area contributed by atoms with Crippen LogP contribution in [0.25, 0.3) is 6.08 Å². The molecule has 6 nitrogen and oxygen atoms in total. The minimum Gasteiger partial charge on any atom is -0.493 e. The van der Waals surface area contributed by atoms with E-state index in [0.29, 0.717) is 33.5 Å². The largest absolute Gasteiger partial charge is 0.493 e. The first-order valence-electron chi connectivity index (χ1n) is 8.08. The predicted molar refractivity (Wildman–Crippen MR) is 104 cm³/mol. The first kappa shape index (κ1) is 18.5. The van der Waals surface area contributed by atoms with Crippen molar-refractivity contribution >= 4 is 35.0 Å². The third kappa shape index (κ3) is 3.94. The van der Waals surface area contributed by atoms with E-state index >= 15 is 0 Å². The molecule has 0 fully saturated rings. The van der Waals surface area contributed by atoms with Crippen LogP contribution in [0.15, 0.2) is 53.1 Å². The van der Waals surface area contributed by atoms with E-state index in [-0.39, 0.29) is 12.5 Å². The maximum atomic E-state index is 12.8. The lowest BCUT2D eigenvalue weighted by Gasteiger charge is -2.12. The van der Waals surface area contributed by atoms with Gasteiger partial charge in [0, 0.05) is 5.02 Å². The number of hydrogen-bond donors (Lipinski definition) is 0. The Hall–Kier alpha value is -3.30. The second-order valence-corrected chi connectivity index (χ2v) is 6.13. The molecule has 0 saturated carbocycles. The first-order valence-corrected chi connectivity index (χ1v) is 8.46. The van der Waals surface area contributed by atoms with Gasteiger partial charge in [-0.05, 0) is 55.0 Å². The van der Waals surface area contributed by atoms with Gasteiger partial charge >= 0.3 is 0 Å². The second kappa shape index (κ2) is 7.94. The van der Waals surface area contributed by atoms with Crippen LogP contribution in [-0.4, -0.2) is 25.3 Å². The van der Waals surface area contributed by atoms with Crippen LogP contribution in [-0.2, 0) is 4.79 Å². The highest BCUT2D eigenvalue weighted by atomic mass is 35.5. The molecule has 3 rings (SSSR count). The fraction of sp³-hybridized carbons (Fsp3) is 0.150. The summed E-state index contributed by atoms with van der Waals surface area (Å²) >= 11 is 5.90. The van der Waals surface area contributed by atoms with Crippen LogP contribution in [0.1, 0.15) is 12.5 Å². The van der Waals surface area contributed by atoms with Crippen molar-refractivity contribution in [2.75, 3.05) is 18.7 Å². The molecule has 2 aromatic carbocycles. The summed E-state index contributed by atoms with van der Waals surface area (Å²) in [5, 5.41) is 14.9. The van der Waals surface area contributed by atoms with Crippen molar-refractivity contribution in [2.45, 2.75) is 6.92 Å². The molecule has 0 atom stereocenters. The van der Waals surface area contributed by atoms with Crippen molar-refractivity contribution in [2.24, 2.45) is 5.10 Å². The Kier molecular flexibility index (Phi) is 5.43. The van der Waals surface area contributed by atoms with Crippen LogP contribution in [0.3, 0.4) is 0 Å². The maximum absolute atomic E-state index is 12.8. The minimum atomic E-state index is -0.224. The van der Waals surface area contributed by atoms with Crippen molar-refractivity contribution in [3.05, 3.63) is 58.6 Å². The van der Waals surface area contributed by atoms with Crippen LogP contribution < -0.4 is 14.5 Å². The Morgan fingerprint density at radius 1 is 1.22 bits per heavy atom. The topological polar surface area (TPSA) is 74.9 Å². The summed E-state index contributed by atoms with van der Waals surface area (Å²) in [6, 6.07) is 14.0. The molecule has 1 amide bonds. The lowest BCUT2D eigenvalue weighted by atomic mass is 10.1. The van der Waals surface area contributed by atoms with Gasteiger partial charge in [0.2, 0.25) is 0 Å². The van der Waals surface area contributed by atoms with Crippen molar-refractivity contribution < 1.29 is 14.3 Å². The Morgan fingerprint density at radius 3 is 2.63 bits per heavy atom. The molecule has 0 saturated heterocycles. The van der Waals surface area contributed by atoms with Crippen molar-refractivity contribution in [3.8, 4) is 17.6 Å². The molecule has 0 aliphatic carbocycles. The van der Waals surface area contributed by atoms with Crippen molar-refractivity contribution in [3.63, 3.8) is 0 Å². The number of nitriles is 1. The van der Waals surface area contributed by atoms with E-state index in [1.165, 1.54) is 12.1 Å². The molecule has 7 heteroatoms. The van der Waals surface area contributed by atoms with Gasteiger partial charge in [0.1, 0.15) is 6.07 Å². The van der Waals surface area contributed by atoms with E-state index in [4.69, 9.17) is 26.3 Å². The molecular weight excluding hydrogens is 366 g/mol. The average Bonchev–Trinajstić information content (AvgIpc) is 2.95. The normalized spacial score (nSPS) is 14.9. The SMILES string of the molecule is COc1cc(C=C2C(=O)N(c3ccc(Cl)cc3)N=C2C)ccc1OCC#N. The van der Waals surface area contributed by atoms with E-state index in [0.717, 1.165) is 5.56 Å². The van der Waals surface area contributed by atoms with Gasteiger partial charge in [-0.3, -0.25) is 4.79 Å². The zero-order valence-corrected chi connectivity index (χ0v) is 15.5. The molecule has 2 aromatic rings. The molecule has 0 aromatic heterocycles. The summed E-state index contributed by atoms with van der Waals surface area (Å²) in [4.78, 5) is 12.8. The molecule has 1 heterocycles. The van der Waals surface area contributed by atoms with Gasteiger partial charge in [-0.25, -0.2) is 0 Å². The number of hydrazone groups is 1. The Bertz CT molecular complexity index is 975.